The van der Waals surface area contributed by atoms with E-state index >= 15 is 0 Å². The first-order chi connectivity index (χ1) is 7.18. The van der Waals surface area contributed by atoms with E-state index in [9.17, 15) is 4.79 Å². The van der Waals surface area contributed by atoms with Gasteiger partial charge >= 0.3 is 5.56 Å². The van der Waals surface area contributed by atoms with Crippen LogP contribution in [0.2, 0.25) is 0 Å². The van der Waals surface area contributed by atoms with E-state index in [0.717, 1.165) is 5.56 Å². The number of rotatable bonds is 1. The van der Waals surface area contributed by atoms with E-state index in [1.54, 1.807) is 7.05 Å². The van der Waals surface area contributed by atoms with Gasteiger partial charge in [-0.3, -0.25) is 4.79 Å². The van der Waals surface area contributed by atoms with Crippen molar-refractivity contribution in [1.82, 2.24) is 14.8 Å². The van der Waals surface area contributed by atoms with Gasteiger partial charge in [-0.2, -0.15) is 4.98 Å². The molecule has 0 radical (unpaired) electrons. The molecule has 1 aromatic carbocycles. The number of nitrogens with two attached hydrogens (primary N) is 1. The Balaban J connectivity index is 2.64. The molecule has 0 amide bonds. The molecular formula is C10H10N4O. The maximum atomic E-state index is 11.3. The van der Waals surface area contributed by atoms with Gasteiger partial charge in [0.1, 0.15) is 0 Å². The van der Waals surface area contributed by atoms with Gasteiger partial charge < -0.3 is 5.73 Å². The molecule has 0 fully saturated rings. The third-order valence-corrected chi connectivity index (χ3v) is 2.02. The summed E-state index contributed by atoms with van der Waals surface area (Å²) in [6.07, 6.45) is 0. The van der Waals surface area contributed by atoms with Gasteiger partial charge in [0.05, 0.1) is 0 Å². The van der Waals surface area contributed by atoms with Crippen LogP contribution in [0.4, 0.5) is 5.82 Å². The van der Waals surface area contributed by atoms with Crippen molar-refractivity contribution in [3.63, 3.8) is 0 Å². The molecule has 1 aromatic heterocycles. The summed E-state index contributed by atoms with van der Waals surface area (Å²) in [6, 6.07) is 9.36. The lowest BCUT2D eigenvalue weighted by atomic mass is 10.2. The van der Waals surface area contributed by atoms with Gasteiger partial charge in [-0.1, -0.05) is 30.3 Å². The highest BCUT2D eigenvalue weighted by atomic mass is 16.1. The highest BCUT2D eigenvalue weighted by Gasteiger charge is 2.06. The van der Waals surface area contributed by atoms with Crippen molar-refractivity contribution >= 4 is 5.82 Å². The standard InChI is InChI=1S/C10H10N4O/c1-14-9(7-5-3-2-4-6-7)12-10(15)8(11)13-14/h2-6H,1H3,(H2,11,13). The molecule has 0 aliphatic carbocycles. The number of benzene rings is 1. The van der Waals surface area contributed by atoms with Crippen LogP contribution >= 0.6 is 0 Å². The zero-order valence-electron chi connectivity index (χ0n) is 8.21. The minimum absolute atomic E-state index is 0.0859. The van der Waals surface area contributed by atoms with Gasteiger partial charge in [0.25, 0.3) is 0 Å². The first-order valence-corrected chi connectivity index (χ1v) is 4.45. The number of aromatic nitrogens is 3. The maximum Gasteiger partial charge on any atom is 0.316 e. The summed E-state index contributed by atoms with van der Waals surface area (Å²) in [6.45, 7) is 0. The minimum atomic E-state index is -0.494. The lowest BCUT2D eigenvalue weighted by molar-refractivity contribution is 0.724. The summed E-state index contributed by atoms with van der Waals surface area (Å²) in [4.78, 5) is 15.1. The lowest BCUT2D eigenvalue weighted by Crippen LogP contribution is -2.20. The molecule has 15 heavy (non-hydrogen) atoms. The van der Waals surface area contributed by atoms with Gasteiger partial charge in [0.15, 0.2) is 5.82 Å². The summed E-state index contributed by atoms with van der Waals surface area (Å²) in [5, 5.41) is 3.87. The average Bonchev–Trinajstić information content (AvgIpc) is 2.25. The maximum absolute atomic E-state index is 11.3. The SMILES string of the molecule is Cn1nc(N)c(=O)nc1-c1ccccc1. The number of hydrogen-bond acceptors (Lipinski definition) is 4. The van der Waals surface area contributed by atoms with E-state index in [1.807, 2.05) is 30.3 Å². The van der Waals surface area contributed by atoms with E-state index < -0.39 is 5.56 Å². The smallest absolute Gasteiger partial charge is 0.316 e. The Morgan fingerprint density at radius 3 is 2.60 bits per heavy atom. The largest absolute Gasteiger partial charge is 0.378 e. The fourth-order valence-electron chi connectivity index (χ4n) is 1.32. The second-order valence-corrected chi connectivity index (χ2v) is 3.12. The van der Waals surface area contributed by atoms with Crippen LogP contribution in [0.15, 0.2) is 35.1 Å². The molecule has 0 bridgehead atoms. The van der Waals surface area contributed by atoms with Crippen LogP contribution in [0.25, 0.3) is 11.4 Å². The third-order valence-electron chi connectivity index (χ3n) is 2.02. The zero-order valence-corrected chi connectivity index (χ0v) is 8.21. The highest BCUT2D eigenvalue weighted by molar-refractivity contribution is 5.54. The Morgan fingerprint density at radius 1 is 1.27 bits per heavy atom. The molecule has 0 unspecified atom stereocenters. The molecule has 5 nitrogen and oxygen atoms in total. The number of nitrogen functional groups attached to an aromatic ring is 1. The van der Waals surface area contributed by atoms with Crippen molar-refractivity contribution in [2.75, 3.05) is 5.73 Å². The number of aryl methyl sites for hydroxylation is 1. The van der Waals surface area contributed by atoms with E-state index in [0.29, 0.717) is 5.82 Å². The van der Waals surface area contributed by atoms with E-state index in [1.165, 1.54) is 4.68 Å². The summed E-state index contributed by atoms with van der Waals surface area (Å²) in [5.74, 6) is 0.423. The summed E-state index contributed by atoms with van der Waals surface area (Å²) < 4.78 is 1.49. The van der Waals surface area contributed by atoms with Crippen LogP contribution in [0, 0.1) is 0 Å². The van der Waals surface area contributed by atoms with Gasteiger partial charge in [-0.15, -0.1) is 5.10 Å². The summed E-state index contributed by atoms with van der Waals surface area (Å²) in [7, 11) is 1.70. The first-order valence-electron chi connectivity index (χ1n) is 4.45. The van der Waals surface area contributed by atoms with Gasteiger partial charge in [0.2, 0.25) is 5.82 Å². The zero-order chi connectivity index (χ0) is 10.8. The van der Waals surface area contributed by atoms with Crippen LogP contribution in [0.3, 0.4) is 0 Å². The molecule has 0 aliphatic heterocycles. The number of anilines is 1. The molecule has 2 rings (SSSR count). The predicted octanol–water partition coefficient (Wildman–Crippen LogP) is 0.425. The summed E-state index contributed by atoms with van der Waals surface area (Å²) >= 11 is 0. The van der Waals surface area contributed by atoms with Crippen molar-refractivity contribution in [1.29, 1.82) is 0 Å². The Morgan fingerprint density at radius 2 is 1.93 bits per heavy atom. The molecule has 5 heteroatoms. The average molecular weight is 202 g/mol. The molecule has 1 heterocycles. The Kier molecular flexibility index (Phi) is 2.21. The fourth-order valence-corrected chi connectivity index (χ4v) is 1.32. The minimum Gasteiger partial charge on any atom is -0.378 e. The van der Waals surface area contributed by atoms with Gasteiger partial charge in [-0.25, -0.2) is 4.68 Å². The monoisotopic (exact) mass is 202 g/mol. The highest BCUT2D eigenvalue weighted by Crippen LogP contribution is 2.12. The second kappa shape index (κ2) is 3.53. The van der Waals surface area contributed by atoms with Crippen molar-refractivity contribution in [3.8, 4) is 11.4 Å². The van der Waals surface area contributed by atoms with E-state index in [4.69, 9.17) is 5.73 Å². The molecule has 0 aliphatic rings. The number of hydrogen-bond donors (Lipinski definition) is 1. The molecule has 2 aromatic rings. The van der Waals surface area contributed by atoms with Crippen LogP contribution in [-0.2, 0) is 7.05 Å². The lowest BCUT2D eigenvalue weighted by Gasteiger charge is -2.05. The third kappa shape index (κ3) is 1.71. The van der Waals surface area contributed by atoms with Gasteiger partial charge in [0, 0.05) is 12.6 Å². The van der Waals surface area contributed by atoms with Crippen molar-refractivity contribution in [3.05, 3.63) is 40.7 Å². The van der Waals surface area contributed by atoms with Crippen molar-refractivity contribution in [2.24, 2.45) is 7.05 Å². The normalized spacial score (nSPS) is 10.2. The van der Waals surface area contributed by atoms with Crippen molar-refractivity contribution < 1.29 is 0 Å². The molecule has 76 valence electrons. The quantitative estimate of drug-likeness (QED) is 0.727. The molecule has 0 spiro atoms. The van der Waals surface area contributed by atoms with Crippen LogP contribution in [-0.4, -0.2) is 14.8 Å². The predicted molar refractivity (Wildman–Crippen MR) is 57.1 cm³/mol. The van der Waals surface area contributed by atoms with E-state index in [-0.39, 0.29) is 5.82 Å². The first kappa shape index (κ1) is 9.39. The molecule has 0 atom stereocenters. The Labute approximate surface area is 86.2 Å². The summed E-state index contributed by atoms with van der Waals surface area (Å²) in [5.41, 5.74) is 5.70. The van der Waals surface area contributed by atoms with Crippen LogP contribution < -0.4 is 11.3 Å². The van der Waals surface area contributed by atoms with E-state index in [2.05, 4.69) is 10.1 Å². The molecule has 0 saturated heterocycles. The molecular weight excluding hydrogens is 192 g/mol. The van der Waals surface area contributed by atoms with Crippen LogP contribution in [0.1, 0.15) is 0 Å². The van der Waals surface area contributed by atoms with Crippen LogP contribution in [0.5, 0.6) is 0 Å². The van der Waals surface area contributed by atoms with Gasteiger partial charge in [-0.05, 0) is 0 Å². The topological polar surface area (TPSA) is 73.8 Å². The molecule has 0 saturated carbocycles. The fraction of sp³-hybridized carbons (Fsp3) is 0.100. The van der Waals surface area contributed by atoms with Crippen molar-refractivity contribution in [2.45, 2.75) is 0 Å². The Bertz CT molecular complexity index is 533. The second-order valence-electron chi connectivity index (χ2n) is 3.12. The molecule has 2 N–H and O–H groups in total. The number of nitrogens with zero attached hydrogens (tertiary/aromatic N) is 3. The Hall–Kier alpha value is -2.17.